The lowest BCUT2D eigenvalue weighted by Crippen LogP contribution is -2.51. The number of pyridine rings is 3. The van der Waals surface area contributed by atoms with Crippen LogP contribution in [0, 0.1) is 12.8 Å². The Balaban J connectivity index is 1.45. The highest BCUT2D eigenvalue weighted by Gasteiger charge is 2.34. The maximum atomic E-state index is 12.9. The van der Waals surface area contributed by atoms with Crippen molar-refractivity contribution in [3.63, 3.8) is 0 Å². The zero-order valence-corrected chi connectivity index (χ0v) is 18.8. The number of carboxylic acids is 1. The van der Waals surface area contributed by atoms with Crippen LogP contribution >= 0.6 is 11.5 Å². The third kappa shape index (κ3) is 3.77. The predicted octanol–water partition coefficient (Wildman–Crippen LogP) is 1.47. The third-order valence-electron chi connectivity index (χ3n) is 5.79. The molecule has 5 rings (SSSR count). The van der Waals surface area contributed by atoms with Gasteiger partial charge in [-0.1, -0.05) is 0 Å². The first-order valence-electron chi connectivity index (χ1n) is 10.4. The molecule has 4 aromatic heterocycles. The molecule has 0 atom stereocenters. The Bertz CT molecular complexity index is 1480. The molecule has 3 N–H and O–H groups in total. The van der Waals surface area contributed by atoms with Gasteiger partial charge >= 0.3 is 5.97 Å². The summed E-state index contributed by atoms with van der Waals surface area (Å²) in [5.74, 6) is -0.798. The third-order valence-corrected chi connectivity index (χ3v) is 6.46. The first-order chi connectivity index (χ1) is 16.3. The number of fused-ring (bicyclic) bond motifs is 1. The lowest BCUT2D eigenvalue weighted by molar-refractivity contribution is -0.123. The molecule has 0 aliphatic carbocycles. The van der Waals surface area contributed by atoms with Crippen LogP contribution in [-0.2, 0) is 11.2 Å². The van der Waals surface area contributed by atoms with Gasteiger partial charge in [0.2, 0.25) is 10.6 Å². The van der Waals surface area contributed by atoms with E-state index < -0.39 is 11.4 Å². The SMILES string of the molecule is Cc1cc(N2CC(C(=O)Cc3ccc(N)cn3)C2)nc2c1c(=O)c(C(=O)O)cn2-c1ncns1. The van der Waals surface area contributed by atoms with E-state index in [4.69, 9.17) is 5.73 Å². The molecule has 1 aliphatic heterocycles. The molecule has 1 aliphatic rings. The van der Waals surface area contributed by atoms with Crippen molar-refractivity contribution in [2.24, 2.45) is 5.92 Å². The summed E-state index contributed by atoms with van der Waals surface area (Å²) in [7, 11) is 0. The first-order valence-corrected chi connectivity index (χ1v) is 11.1. The van der Waals surface area contributed by atoms with Crippen LogP contribution in [0.1, 0.15) is 21.6 Å². The number of carboxylic acid groups (broad SMARTS) is 1. The van der Waals surface area contributed by atoms with Gasteiger partial charge in [-0.25, -0.2) is 14.8 Å². The second kappa shape index (κ2) is 8.30. The summed E-state index contributed by atoms with van der Waals surface area (Å²) < 4.78 is 5.45. The largest absolute Gasteiger partial charge is 0.477 e. The van der Waals surface area contributed by atoms with Crippen molar-refractivity contribution < 1.29 is 14.7 Å². The number of carbonyl (C=O) groups excluding carboxylic acids is 1. The fourth-order valence-corrected chi connectivity index (χ4v) is 4.45. The summed E-state index contributed by atoms with van der Waals surface area (Å²) in [4.78, 5) is 52.1. The number of hydrogen-bond acceptors (Lipinski definition) is 10. The Labute approximate surface area is 196 Å². The second-order valence-corrected chi connectivity index (χ2v) is 8.85. The van der Waals surface area contributed by atoms with Crippen LogP contribution in [0.3, 0.4) is 0 Å². The summed E-state index contributed by atoms with van der Waals surface area (Å²) in [5, 5.41) is 10.1. The van der Waals surface area contributed by atoms with E-state index in [1.54, 1.807) is 25.1 Å². The number of hydrogen-bond donors (Lipinski definition) is 2. The van der Waals surface area contributed by atoms with E-state index in [0.29, 0.717) is 46.6 Å². The molecule has 1 saturated heterocycles. The van der Waals surface area contributed by atoms with Gasteiger partial charge in [0.25, 0.3) is 0 Å². The Morgan fingerprint density at radius 1 is 1.26 bits per heavy atom. The number of rotatable bonds is 6. The monoisotopic (exact) mass is 477 g/mol. The lowest BCUT2D eigenvalue weighted by atomic mass is 9.92. The highest BCUT2D eigenvalue weighted by molar-refractivity contribution is 7.08. The lowest BCUT2D eigenvalue weighted by Gasteiger charge is -2.39. The number of nitrogens with zero attached hydrogens (tertiary/aromatic N) is 6. The molecule has 0 radical (unpaired) electrons. The minimum Gasteiger partial charge on any atom is -0.477 e. The second-order valence-electron chi connectivity index (χ2n) is 8.09. The molecule has 0 spiro atoms. The molecule has 0 saturated carbocycles. The van der Waals surface area contributed by atoms with Crippen molar-refractivity contribution in [2.75, 3.05) is 23.7 Å². The van der Waals surface area contributed by atoms with Gasteiger partial charge < -0.3 is 15.7 Å². The van der Waals surface area contributed by atoms with Gasteiger partial charge in [0.15, 0.2) is 5.65 Å². The molecule has 12 heteroatoms. The van der Waals surface area contributed by atoms with Crippen LogP contribution in [0.4, 0.5) is 11.5 Å². The highest BCUT2D eigenvalue weighted by Crippen LogP contribution is 2.29. The number of nitrogens with two attached hydrogens (primary N) is 1. The fraction of sp³-hybridized carbons (Fsp3) is 0.227. The molecule has 0 bridgehead atoms. The van der Waals surface area contributed by atoms with Gasteiger partial charge in [0.05, 0.1) is 23.2 Å². The average molecular weight is 478 g/mol. The van der Waals surface area contributed by atoms with Crippen molar-refractivity contribution in [1.82, 2.24) is 23.9 Å². The van der Waals surface area contributed by atoms with E-state index in [0.717, 1.165) is 11.5 Å². The van der Waals surface area contributed by atoms with Gasteiger partial charge in [-0.15, -0.1) is 0 Å². The number of Topliss-reactive ketones (excluding diaryl/α,β-unsaturated/α-hetero) is 1. The van der Waals surface area contributed by atoms with E-state index in [-0.39, 0.29) is 29.1 Å². The van der Waals surface area contributed by atoms with Gasteiger partial charge in [0, 0.05) is 42.9 Å². The van der Waals surface area contributed by atoms with Crippen molar-refractivity contribution in [1.29, 1.82) is 0 Å². The molecule has 172 valence electrons. The molecule has 1 fully saturated rings. The average Bonchev–Trinajstić information content (AvgIpc) is 3.29. The molecular weight excluding hydrogens is 458 g/mol. The van der Waals surface area contributed by atoms with E-state index in [2.05, 4.69) is 19.3 Å². The van der Waals surface area contributed by atoms with E-state index in [9.17, 15) is 19.5 Å². The Kier molecular flexibility index (Phi) is 5.28. The fourth-order valence-electron chi connectivity index (χ4n) is 3.94. The van der Waals surface area contributed by atoms with E-state index >= 15 is 0 Å². The smallest absolute Gasteiger partial charge is 0.341 e. The summed E-state index contributed by atoms with van der Waals surface area (Å²) >= 11 is 1.06. The quantitative estimate of drug-likeness (QED) is 0.417. The van der Waals surface area contributed by atoms with Crippen molar-refractivity contribution in [3.05, 3.63) is 64.0 Å². The summed E-state index contributed by atoms with van der Waals surface area (Å²) in [6.07, 6.45) is 4.34. The minimum absolute atomic E-state index is 0.0860. The maximum Gasteiger partial charge on any atom is 0.341 e. The number of ketones is 1. The first kappa shape index (κ1) is 21.6. The minimum atomic E-state index is -1.33. The number of nitrogen functional groups attached to an aromatic ring is 1. The van der Waals surface area contributed by atoms with E-state index in [1.165, 1.54) is 23.3 Å². The topological polar surface area (TPSA) is 157 Å². The van der Waals surface area contributed by atoms with Gasteiger partial charge in [-0.3, -0.25) is 19.1 Å². The molecular formula is C22H19N7O4S. The Hall–Kier alpha value is -4.19. The number of carbonyl (C=O) groups is 2. The Morgan fingerprint density at radius 2 is 2.06 bits per heavy atom. The zero-order chi connectivity index (χ0) is 24.0. The highest BCUT2D eigenvalue weighted by atomic mass is 32.1. The molecule has 5 heterocycles. The molecule has 0 aromatic carbocycles. The molecule has 4 aromatic rings. The van der Waals surface area contributed by atoms with Gasteiger partial charge in [0.1, 0.15) is 23.5 Å². The number of aromatic nitrogens is 5. The van der Waals surface area contributed by atoms with Crippen LogP contribution in [0.2, 0.25) is 0 Å². The molecule has 0 unspecified atom stereocenters. The van der Waals surface area contributed by atoms with Crippen molar-refractivity contribution in [3.8, 4) is 5.13 Å². The summed E-state index contributed by atoms with van der Waals surface area (Å²) in [6, 6.07) is 5.20. The number of aromatic carboxylic acids is 1. The van der Waals surface area contributed by atoms with Crippen molar-refractivity contribution >= 4 is 45.8 Å². The summed E-state index contributed by atoms with van der Waals surface area (Å²) in [5.41, 5.74) is 6.78. The number of aryl methyl sites for hydroxylation is 1. The predicted molar refractivity (Wildman–Crippen MR) is 126 cm³/mol. The normalized spacial score (nSPS) is 13.7. The van der Waals surface area contributed by atoms with Crippen LogP contribution in [0.5, 0.6) is 0 Å². The van der Waals surface area contributed by atoms with Gasteiger partial charge in [-0.05, 0) is 30.7 Å². The zero-order valence-electron chi connectivity index (χ0n) is 18.0. The van der Waals surface area contributed by atoms with Crippen LogP contribution in [0.15, 0.2) is 41.7 Å². The molecule has 34 heavy (non-hydrogen) atoms. The number of anilines is 2. The molecule has 11 nitrogen and oxygen atoms in total. The van der Waals surface area contributed by atoms with Crippen LogP contribution in [0.25, 0.3) is 16.2 Å². The standard InChI is InChI=1S/C22H19N7O4S/c1-11-4-17(28-7-12(8-28)16(30)5-14-3-2-13(23)6-24-14)27-20-18(11)19(31)15(21(32)33)9-29(20)22-25-10-26-34-22/h2-4,6,9-10,12H,5,7-8,23H2,1H3,(H,32,33). The maximum absolute atomic E-state index is 12.9. The van der Waals surface area contributed by atoms with Crippen LogP contribution in [-0.4, -0.2) is 53.8 Å². The van der Waals surface area contributed by atoms with E-state index in [1.807, 2.05) is 4.90 Å². The van der Waals surface area contributed by atoms with Crippen molar-refractivity contribution in [2.45, 2.75) is 13.3 Å². The van der Waals surface area contributed by atoms with Gasteiger partial charge in [-0.2, -0.15) is 4.37 Å². The molecule has 0 amide bonds. The van der Waals surface area contributed by atoms with Crippen LogP contribution < -0.4 is 16.1 Å². The Morgan fingerprint density at radius 3 is 2.71 bits per heavy atom. The summed E-state index contributed by atoms with van der Waals surface area (Å²) in [6.45, 7) is 2.71.